The minimum Gasteiger partial charge on any atom is -0.417 e. The van der Waals surface area contributed by atoms with Crippen LogP contribution in [0.1, 0.15) is 101 Å². The Morgan fingerprint density at radius 3 is 2.00 bits per heavy atom. The van der Waals surface area contributed by atoms with Crippen molar-refractivity contribution in [2.45, 2.75) is 197 Å². The standard InChI is InChI=1S/C44H82O8SSi3/c1-17-56(18-2,19-3)48-27-23-24-35-28-33(4)34(5)39(50-35)30-40-38(32-53(45,46)37-25-21-20-22-26-37)42(47-12)41(51-40)29-36(52-55(15,16)44(9,10)11)31-49-54(13,14)43(6,7)8/h20-22,25-26,33,35-36,38-42H,5,17-19,23-24,27-32H2,1-4,6-16H3/t33?,35?,36?,38?,39?,40-,41+,42+/m0/s1. The molecule has 0 spiro atoms. The monoisotopic (exact) mass is 855 g/mol. The van der Waals surface area contributed by atoms with Gasteiger partial charge in [-0.2, -0.15) is 0 Å². The first kappa shape index (κ1) is 49.7. The second kappa shape index (κ2) is 20.3. The summed E-state index contributed by atoms with van der Waals surface area (Å²) in [6.07, 6.45) is 2.22. The van der Waals surface area contributed by atoms with Crippen molar-refractivity contribution in [3.8, 4) is 0 Å². The molecule has 8 atom stereocenters. The van der Waals surface area contributed by atoms with Crippen LogP contribution >= 0.6 is 0 Å². The van der Waals surface area contributed by atoms with E-state index in [-0.39, 0.29) is 46.2 Å². The van der Waals surface area contributed by atoms with Gasteiger partial charge in [0.15, 0.2) is 34.8 Å². The van der Waals surface area contributed by atoms with Crippen LogP contribution in [0, 0.1) is 11.8 Å². The van der Waals surface area contributed by atoms with Crippen LogP contribution in [-0.2, 0) is 37.3 Å². The third-order valence-electron chi connectivity index (χ3n) is 14.1. The Morgan fingerprint density at radius 2 is 1.46 bits per heavy atom. The predicted molar refractivity (Wildman–Crippen MR) is 240 cm³/mol. The van der Waals surface area contributed by atoms with Crippen LogP contribution in [0.2, 0.25) is 54.4 Å². The number of hydrogen-bond acceptors (Lipinski definition) is 8. The van der Waals surface area contributed by atoms with Gasteiger partial charge in [0.25, 0.3) is 0 Å². The van der Waals surface area contributed by atoms with Crippen molar-refractivity contribution >= 4 is 34.8 Å². The summed E-state index contributed by atoms with van der Waals surface area (Å²) in [5.41, 5.74) is 1.06. The molecule has 1 aromatic rings. The fourth-order valence-electron chi connectivity index (χ4n) is 7.83. The van der Waals surface area contributed by atoms with Crippen molar-refractivity contribution in [3.63, 3.8) is 0 Å². The molecule has 0 aliphatic carbocycles. The summed E-state index contributed by atoms with van der Waals surface area (Å²) in [6.45, 7) is 37.4. The third kappa shape index (κ3) is 12.9. The van der Waals surface area contributed by atoms with Gasteiger partial charge in [-0.1, -0.05) is 94.0 Å². The Morgan fingerprint density at radius 1 is 0.875 bits per heavy atom. The van der Waals surface area contributed by atoms with Crippen molar-refractivity contribution in [1.82, 2.24) is 0 Å². The predicted octanol–water partition coefficient (Wildman–Crippen LogP) is 11.2. The lowest BCUT2D eigenvalue weighted by molar-refractivity contribution is -0.0759. The molecular formula is C44H82O8SSi3. The highest BCUT2D eigenvalue weighted by molar-refractivity contribution is 7.91. The van der Waals surface area contributed by atoms with Gasteiger partial charge in [0.05, 0.1) is 53.9 Å². The third-order valence-corrected chi connectivity index (χ3v) is 29.6. The maximum atomic E-state index is 14.1. The van der Waals surface area contributed by atoms with Crippen LogP contribution in [-0.4, -0.2) is 96.1 Å². The summed E-state index contributed by atoms with van der Waals surface area (Å²) in [5.74, 6) is -0.217. The van der Waals surface area contributed by atoms with Gasteiger partial charge in [-0.25, -0.2) is 8.42 Å². The Balaban J connectivity index is 1.92. The first-order chi connectivity index (χ1) is 25.9. The molecular weight excluding hydrogens is 773 g/mol. The van der Waals surface area contributed by atoms with Gasteiger partial charge in [0.1, 0.15) is 0 Å². The fourth-order valence-corrected chi connectivity index (χ4v) is 14.6. The summed E-state index contributed by atoms with van der Waals surface area (Å²) < 4.78 is 68.9. The molecule has 0 saturated carbocycles. The minimum atomic E-state index is -3.65. The Labute approximate surface area is 346 Å². The quantitative estimate of drug-likeness (QED) is 0.0686. The molecule has 0 aromatic heterocycles. The maximum absolute atomic E-state index is 14.1. The van der Waals surface area contributed by atoms with E-state index < -0.39 is 52.9 Å². The van der Waals surface area contributed by atoms with Crippen molar-refractivity contribution in [1.29, 1.82) is 0 Å². The van der Waals surface area contributed by atoms with E-state index in [0.717, 1.165) is 49.6 Å². The largest absolute Gasteiger partial charge is 0.417 e. The molecule has 8 nitrogen and oxygen atoms in total. The van der Waals surface area contributed by atoms with Crippen LogP contribution in [0.15, 0.2) is 47.4 Å². The summed E-state index contributed by atoms with van der Waals surface area (Å²) in [7, 11) is -7.92. The molecule has 1 aromatic carbocycles. The summed E-state index contributed by atoms with van der Waals surface area (Å²) in [6, 6.07) is 12.2. The molecule has 0 amide bonds. The molecule has 5 unspecified atom stereocenters. The van der Waals surface area contributed by atoms with E-state index in [1.807, 2.05) is 6.07 Å². The summed E-state index contributed by atoms with van der Waals surface area (Å²) >= 11 is 0. The van der Waals surface area contributed by atoms with Crippen LogP contribution in [0.25, 0.3) is 0 Å². The molecule has 0 N–H and O–H groups in total. The highest BCUT2D eigenvalue weighted by Gasteiger charge is 2.50. The number of methoxy groups -OCH3 is 1. The lowest BCUT2D eigenvalue weighted by Crippen LogP contribution is -2.49. The molecule has 56 heavy (non-hydrogen) atoms. The van der Waals surface area contributed by atoms with E-state index >= 15 is 0 Å². The average molecular weight is 855 g/mol. The molecule has 3 rings (SSSR count). The topological polar surface area (TPSA) is 89.5 Å². The number of sulfone groups is 1. The van der Waals surface area contributed by atoms with Gasteiger partial charge >= 0.3 is 0 Å². The first-order valence-electron chi connectivity index (χ1n) is 21.6. The molecule has 2 aliphatic heterocycles. The number of rotatable bonds is 21. The lowest BCUT2D eigenvalue weighted by Gasteiger charge is -2.42. The average Bonchev–Trinajstić information content (AvgIpc) is 3.42. The highest BCUT2D eigenvalue weighted by Crippen LogP contribution is 2.43. The lowest BCUT2D eigenvalue weighted by atomic mass is 9.83. The van der Waals surface area contributed by atoms with Crippen molar-refractivity contribution in [2.75, 3.05) is 26.1 Å². The zero-order valence-electron chi connectivity index (χ0n) is 38.2. The molecule has 2 heterocycles. The Kier molecular flexibility index (Phi) is 18.0. The van der Waals surface area contributed by atoms with E-state index in [9.17, 15) is 8.42 Å². The molecule has 324 valence electrons. The zero-order chi connectivity index (χ0) is 42.3. The molecule has 2 saturated heterocycles. The fraction of sp³-hybridized carbons (Fsp3) is 0.818. The SMILES string of the molecule is C=C1C(C)CC(CCCO[Si](CC)(CC)CC)OC1C[C@@H]1O[C@H](CC(CO[Si](C)(C)C(C)(C)C)O[Si](C)(C)C(C)(C)C)[C@H](OC)C1CS(=O)(=O)c1ccccc1. The van der Waals surface area contributed by atoms with Gasteiger partial charge in [0.2, 0.25) is 0 Å². The van der Waals surface area contributed by atoms with Crippen LogP contribution < -0.4 is 0 Å². The van der Waals surface area contributed by atoms with E-state index in [2.05, 4.69) is 102 Å². The first-order valence-corrected chi connectivity index (χ1v) is 31.6. The van der Waals surface area contributed by atoms with Crippen molar-refractivity contribution in [3.05, 3.63) is 42.5 Å². The van der Waals surface area contributed by atoms with E-state index in [1.165, 1.54) is 0 Å². The maximum Gasteiger partial charge on any atom is 0.192 e. The normalized spacial score (nSPS) is 26.5. The highest BCUT2D eigenvalue weighted by atomic mass is 32.2. The molecule has 0 radical (unpaired) electrons. The zero-order valence-corrected chi connectivity index (χ0v) is 42.0. The number of ether oxygens (including phenoxy) is 3. The summed E-state index contributed by atoms with van der Waals surface area (Å²) in [5, 5.41) is 0.0477. The van der Waals surface area contributed by atoms with Crippen LogP contribution in [0.5, 0.6) is 0 Å². The van der Waals surface area contributed by atoms with Gasteiger partial charge in [-0.15, -0.1) is 0 Å². The minimum absolute atomic E-state index is 0.000640. The van der Waals surface area contributed by atoms with E-state index in [4.69, 9.17) is 27.5 Å². The second-order valence-corrected chi connectivity index (χ2v) is 36.3. The van der Waals surface area contributed by atoms with Crippen LogP contribution in [0.4, 0.5) is 0 Å². The van der Waals surface area contributed by atoms with Gasteiger partial charge in [-0.05, 0) is 97.3 Å². The Bertz CT molecular complexity index is 1460. The number of hydrogen-bond donors (Lipinski definition) is 0. The van der Waals surface area contributed by atoms with E-state index in [1.54, 1.807) is 31.4 Å². The van der Waals surface area contributed by atoms with E-state index in [0.29, 0.717) is 24.3 Å². The Hall–Kier alpha value is -0.679. The summed E-state index contributed by atoms with van der Waals surface area (Å²) in [4.78, 5) is 0.314. The van der Waals surface area contributed by atoms with Crippen LogP contribution in [0.3, 0.4) is 0 Å². The molecule has 0 bridgehead atoms. The molecule has 2 aliphatic rings. The van der Waals surface area contributed by atoms with Crippen molar-refractivity contribution in [2.24, 2.45) is 11.8 Å². The smallest absolute Gasteiger partial charge is 0.192 e. The molecule has 2 fully saturated rings. The van der Waals surface area contributed by atoms with Gasteiger partial charge < -0.3 is 27.5 Å². The van der Waals surface area contributed by atoms with Gasteiger partial charge in [0, 0.05) is 32.5 Å². The van der Waals surface area contributed by atoms with Gasteiger partial charge in [-0.3, -0.25) is 0 Å². The second-order valence-electron chi connectivity index (χ2n) is 19.9. The van der Waals surface area contributed by atoms with Crippen molar-refractivity contribution < 1.29 is 35.9 Å². The molecule has 12 heteroatoms. The number of benzene rings is 1.